The van der Waals surface area contributed by atoms with Crippen molar-refractivity contribution in [1.29, 1.82) is 0 Å². The first kappa shape index (κ1) is 19.3. The van der Waals surface area contributed by atoms with E-state index in [0.29, 0.717) is 11.7 Å². The Bertz CT molecular complexity index is 792. The number of benzene rings is 1. The Balaban J connectivity index is 1.57. The van der Waals surface area contributed by atoms with Crippen LogP contribution < -0.4 is 10.6 Å². The molecule has 1 aromatic carbocycles. The zero-order valence-corrected chi connectivity index (χ0v) is 15.6. The zero-order chi connectivity index (χ0) is 19.4. The lowest BCUT2D eigenvalue weighted by atomic mass is 10.2. The van der Waals surface area contributed by atoms with Crippen LogP contribution in [-0.4, -0.2) is 46.4 Å². The Morgan fingerprint density at radius 3 is 3.04 bits per heavy atom. The third-order valence-corrected chi connectivity index (χ3v) is 5.35. The number of amides is 2. The standard InChI is InChI=1S/C17H20N4O5S/c1-10-4-5-12(13(7-10)21(24)25)19-15(22)8-14-16(23)20-17(27-14)18-9-11-3-2-6-26-11/h4-5,7,11,14H,2-3,6,8-9H2,1H3,(H,19,22)(H,18,20,23)/t11-,14-/m1/s1. The molecule has 10 heteroatoms. The molecule has 2 amide bonds. The van der Waals surface area contributed by atoms with Gasteiger partial charge in [0.15, 0.2) is 5.17 Å². The van der Waals surface area contributed by atoms with Crippen molar-refractivity contribution in [2.45, 2.75) is 37.5 Å². The summed E-state index contributed by atoms with van der Waals surface area (Å²) >= 11 is 1.19. The molecule has 9 nitrogen and oxygen atoms in total. The SMILES string of the molecule is Cc1ccc(NC(=O)C[C@H]2SC(=NC[C@H]3CCCO3)NC2=O)c([N+](=O)[O-])c1. The maximum absolute atomic E-state index is 12.3. The minimum Gasteiger partial charge on any atom is -0.376 e. The Morgan fingerprint density at radius 2 is 2.33 bits per heavy atom. The number of aliphatic imine (C=N–C) groups is 1. The number of thioether (sulfide) groups is 1. The number of anilines is 1. The Hall–Kier alpha value is -2.46. The van der Waals surface area contributed by atoms with E-state index in [1.807, 2.05) is 0 Å². The largest absolute Gasteiger partial charge is 0.376 e. The van der Waals surface area contributed by atoms with Crippen LogP contribution >= 0.6 is 11.8 Å². The van der Waals surface area contributed by atoms with Gasteiger partial charge in [-0.05, 0) is 31.4 Å². The first-order valence-electron chi connectivity index (χ1n) is 8.61. The second-order valence-electron chi connectivity index (χ2n) is 6.41. The van der Waals surface area contributed by atoms with Crippen molar-refractivity contribution in [3.05, 3.63) is 33.9 Å². The van der Waals surface area contributed by atoms with E-state index in [4.69, 9.17) is 4.74 Å². The fourth-order valence-electron chi connectivity index (χ4n) is 2.86. The molecule has 2 atom stereocenters. The molecular weight excluding hydrogens is 372 g/mol. The molecule has 0 radical (unpaired) electrons. The summed E-state index contributed by atoms with van der Waals surface area (Å²) in [6.45, 7) is 2.95. The van der Waals surface area contributed by atoms with E-state index in [9.17, 15) is 19.7 Å². The van der Waals surface area contributed by atoms with Gasteiger partial charge in [0.2, 0.25) is 11.8 Å². The van der Waals surface area contributed by atoms with Gasteiger partial charge in [-0.25, -0.2) is 0 Å². The second-order valence-corrected chi connectivity index (χ2v) is 7.60. The number of nitro groups is 1. The average molecular weight is 392 g/mol. The molecule has 2 saturated heterocycles. The van der Waals surface area contributed by atoms with Crippen LogP contribution in [0.25, 0.3) is 0 Å². The lowest BCUT2D eigenvalue weighted by molar-refractivity contribution is -0.384. The molecule has 0 spiro atoms. The van der Waals surface area contributed by atoms with Crippen molar-refractivity contribution >= 4 is 40.1 Å². The van der Waals surface area contributed by atoms with Crippen LogP contribution in [0.5, 0.6) is 0 Å². The van der Waals surface area contributed by atoms with E-state index in [1.165, 1.54) is 23.9 Å². The molecule has 144 valence electrons. The zero-order valence-electron chi connectivity index (χ0n) is 14.8. The quantitative estimate of drug-likeness (QED) is 0.564. The van der Waals surface area contributed by atoms with Crippen LogP contribution in [0.2, 0.25) is 0 Å². The van der Waals surface area contributed by atoms with E-state index in [2.05, 4.69) is 15.6 Å². The van der Waals surface area contributed by atoms with Crippen molar-refractivity contribution < 1.29 is 19.2 Å². The number of carbonyl (C=O) groups excluding carboxylic acids is 2. The van der Waals surface area contributed by atoms with Crippen LogP contribution in [0, 0.1) is 17.0 Å². The smallest absolute Gasteiger partial charge is 0.293 e. The predicted octanol–water partition coefficient (Wildman–Crippen LogP) is 2.00. The summed E-state index contributed by atoms with van der Waals surface area (Å²) in [4.78, 5) is 39.3. The number of nitro benzene ring substituents is 1. The number of nitrogens with zero attached hydrogens (tertiary/aromatic N) is 2. The number of hydrogen-bond acceptors (Lipinski definition) is 7. The summed E-state index contributed by atoms with van der Waals surface area (Å²) < 4.78 is 5.49. The van der Waals surface area contributed by atoms with Gasteiger partial charge in [-0.15, -0.1) is 0 Å². The van der Waals surface area contributed by atoms with E-state index in [-0.39, 0.29) is 29.8 Å². The third-order valence-electron chi connectivity index (χ3n) is 4.23. The Kier molecular flexibility index (Phi) is 6.07. The van der Waals surface area contributed by atoms with Gasteiger partial charge in [-0.1, -0.05) is 17.8 Å². The van der Waals surface area contributed by atoms with Gasteiger partial charge < -0.3 is 15.4 Å². The molecule has 2 aliphatic rings. The van der Waals surface area contributed by atoms with Gasteiger partial charge in [0.25, 0.3) is 5.69 Å². The molecule has 0 bridgehead atoms. The molecular formula is C17H20N4O5S. The van der Waals surface area contributed by atoms with Gasteiger partial charge in [-0.3, -0.25) is 24.7 Å². The van der Waals surface area contributed by atoms with Crippen LogP contribution in [-0.2, 0) is 14.3 Å². The van der Waals surface area contributed by atoms with Crippen LogP contribution in [0.3, 0.4) is 0 Å². The number of hydrogen-bond donors (Lipinski definition) is 2. The summed E-state index contributed by atoms with van der Waals surface area (Å²) in [6, 6.07) is 4.56. The van der Waals surface area contributed by atoms with Crippen LogP contribution in [0.15, 0.2) is 23.2 Å². The number of amidine groups is 1. The lowest BCUT2D eigenvalue weighted by Crippen LogP contribution is -2.28. The predicted molar refractivity (Wildman–Crippen MR) is 102 cm³/mol. The van der Waals surface area contributed by atoms with E-state index in [1.54, 1.807) is 13.0 Å². The number of ether oxygens (including phenoxy) is 1. The third kappa shape index (κ3) is 5.04. The number of nitrogens with one attached hydrogen (secondary N) is 2. The summed E-state index contributed by atoms with van der Waals surface area (Å²) in [5.74, 6) is -0.755. The van der Waals surface area contributed by atoms with Crippen molar-refractivity contribution in [3.63, 3.8) is 0 Å². The second kappa shape index (κ2) is 8.49. The number of aryl methyl sites for hydroxylation is 1. The fraction of sp³-hybridized carbons (Fsp3) is 0.471. The minimum absolute atomic E-state index is 0.0828. The molecule has 1 aromatic rings. The molecule has 2 aliphatic heterocycles. The molecule has 0 saturated carbocycles. The monoisotopic (exact) mass is 392 g/mol. The molecule has 2 heterocycles. The molecule has 0 aliphatic carbocycles. The lowest BCUT2D eigenvalue weighted by Gasteiger charge is -2.08. The van der Waals surface area contributed by atoms with E-state index < -0.39 is 16.1 Å². The average Bonchev–Trinajstić information content (AvgIpc) is 3.24. The maximum Gasteiger partial charge on any atom is 0.293 e. The molecule has 2 N–H and O–H groups in total. The molecule has 27 heavy (non-hydrogen) atoms. The summed E-state index contributed by atoms with van der Waals surface area (Å²) in [6.07, 6.45) is 1.96. The highest BCUT2D eigenvalue weighted by Gasteiger charge is 2.32. The first-order valence-corrected chi connectivity index (χ1v) is 9.49. The molecule has 3 rings (SSSR count). The number of carbonyl (C=O) groups is 2. The van der Waals surface area contributed by atoms with Crippen LogP contribution in [0.4, 0.5) is 11.4 Å². The topological polar surface area (TPSA) is 123 Å². The van der Waals surface area contributed by atoms with E-state index in [0.717, 1.165) is 25.0 Å². The van der Waals surface area contributed by atoms with Gasteiger partial charge in [-0.2, -0.15) is 0 Å². The molecule has 2 fully saturated rings. The summed E-state index contributed by atoms with van der Waals surface area (Å²) in [5.41, 5.74) is 0.662. The highest BCUT2D eigenvalue weighted by atomic mass is 32.2. The first-order chi connectivity index (χ1) is 12.9. The summed E-state index contributed by atoms with van der Waals surface area (Å²) in [5, 5.41) is 16.2. The fourth-order valence-corrected chi connectivity index (χ4v) is 3.83. The molecule has 0 unspecified atom stereocenters. The normalized spacial score (nSPS) is 23.4. The summed E-state index contributed by atoms with van der Waals surface area (Å²) in [7, 11) is 0. The van der Waals surface area contributed by atoms with Crippen molar-refractivity contribution in [2.75, 3.05) is 18.5 Å². The highest BCUT2D eigenvalue weighted by Crippen LogP contribution is 2.27. The Labute approximate surface area is 160 Å². The maximum atomic E-state index is 12.3. The molecule has 0 aromatic heterocycles. The highest BCUT2D eigenvalue weighted by molar-refractivity contribution is 8.15. The van der Waals surface area contributed by atoms with Crippen molar-refractivity contribution in [3.8, 4) is 0 Å². The van der Waals surface area contributed by atoms with Crippen molar-refractivity contribution in [2.24, 2.45) is 4.99 Å². The van der Waals surface area contributed by atoms with Crippen molar-refractivity contribution in [1.82, 2.24) is 5.32 Å². The van der Waals surface area contributed by atoms with Crippen LogP contribution in [0.1, 0.15) is 24.8 Å². The van der Waals surface area contributed by atoms with Gasteiger partial charge >= 0.3 is 0 Å². The van der Waals surface area contributed by atoms with E-state index >= 15 is 0 Å². The number of rotatable bonds is 6. The van der Waals surface area contributed by atoms with Gasteiger partial charge in [0, 0.05) is 19.1 Å². The van der Waals surface area contributed by atoms with Gasteiger partial charge in [0.05, 0.1) is 17.6 Å². The minimum atomic E-state index is -0.613. The Morgan fingerprint density at radius 1 is 1.52 bits per heavy atom. The van der Waals surface area contributed by atoms with Gasteiger partial charge in [0.1, 0.15) is 10.9 Å².